The number of aromatic nitrogens is 2. The summed E-state index contributed by atoms with van der Waals surface area (Å²) in [6, 6.07) is 9.75. The lowest BCUT2D eigenvalue weighted by molar-refractivity contribution is 0.562. The van der Waals surface area contributed by atoms with E-state index in [1.807, 2.05) is 24.8 Å². The Morgan fingerprint density at radius 2 is 2.26 bits per heavy atom. The Kier molecular flexibility index (Phi) is 3.37. The third-order valence-corrected chi connectivity index (χ3v) is 4.82. The molecule has 19 heavy (non-hydrogen) atoms. The summed E-state index contributed by atoms with van der Waals surface area (Å²) in [7, 11) is 0. The van der Waals surface area contributed by atoms with Crippen LogP contribution in [0.5, 0.6) is 0 Å². The molecule has 0 fully saturated rings. The Hall–Kier alpha value is -1.26. The molecule has 0 amide bonds. The number of thioether (sulfide) groups is 1. The zero-order valence-corrected chi connectivity index (χ0v) is 12.0. The van der Waals surface area contributed by atoms with Crippen LogP contribution in [0.15, 0.2) is 40.0 Å². The summed E-state index contributed by atoms with van der Waals surface area (Å²) in [6.45, 7) is 2.49. The highest BCUT2D eigenvalue weighted by Gasteiger charge is 2.23. The van der Waals surface area contributed by atoms with Gasteiger partial charge < -0.3 is 0 Å². The van der Waals surface area contributed by atoms with E-state index < -0.39 is 0 Å². The first-order chi connectivity index (χ1) is 9.15. The minimum absolute atomic E-state index is 0.0770. The smallest absolute Gasteiger partial charge is 0.254 e. The summed E-state index contributed by atoms with van der Waals surface area (Å²) in [5.41, 5.74) is 1.25. The molecule has 98 valence electrons. The van der Waals surface area contributed by atoms with Gasteiger partial charge in [-0.05, 0) is 18.6 Å². The van der Waals surface area contributed by atoms with Crippen LogP contribution in [0.2, 0.25) is 5.15 Å². The predicted octanol–water partition coefficient (Wildman–Crippen LogP) is 3.09. The molecule has 2 heterocycles. The molecule has 1 aromatic heterocycles. The highest BCUT2D eigenvalue weighted by molar-refractivity contribution is 7.99. The second kappa shape index (κ2) is 5.02. The number of rotatable bonds is 2. The molecule has 0 N–H and O–H groups in total. The molecular weight excluding hydrogens is 280 g/mol. The Bertz CT molecular complexity index is 683. The van der Waals surface area contributed by atoms with Crippen molar-refractivity contribution in [1.29, 1.82) is 0 Å². The van der Waals surface area contributed by atoms with E-state index in [1.54, 1.807) is 4.57 Å². The van der Waals surface area contributed by atoms with Gasteiger partial charge in [0.05, 0.1) is 0 Å². The van der Waals surface area contributed by atoms with Crippen molar-refractivity contribution < 1.29 is 0 Å². The molecule has 1 unspecified atom stereocenters. The second-order valence-corrected chi connectivity index (χ2v) is 6.07. The van der Waals surface area contributed by atoms with E-state index in [-0.39, 0.29) is 10.7 Å². The average Bonchev–Trinajstić information content (AvgIpc) is 2.77. The van der Waals surface area contributed by atoms with Gasteiger partial charge in [0.15, 0.2) is 0 Å². The summed E-state index contributed by atoms with van der Waals surface area (Å²) in [5.74, 6) is 2.04. The van der Waals surface area contributed by atoms with E-state index >= 15 is 0 Å². The fraction of sp³-hybridized carbons (Fsp3) is 0.286. The van der Waals surface area contributed by atoms with Crippen molar-refractivity contribution in [3.8, 4) is 0 Å². The maximum Gasteiger partial charge on any atom is 0.254 e. The Morgan fingerprint density at radius 1 is 1.47 bits per heavy atom. The van der Waals surface area contributed by atoms with E-state index in [0.29, 0.717) is 18.3 Å². The van der Waals surface area contributed by atoms with Gasteiger partial charge in [-0.2, -0.15) is 0 Å². The molecule has 3 nitrogen and oxygen atoms in total. The molecule has 1 aliphatic rings. The summed E-state index contributed by atoms with van der Waals surface area (Å²) >= 11 is 7.64. The molecule has 0 saturated heterocycles. The van der Waals surface area contributed by atoms with E-state index in [1.165, 1.54) is 16.5 Å². The van der Waals surface area contributed by atoms with Gasteiger partial charge in [-0.3, -0.25) is 9.36 Å². The molecule has 5 heteroatoms. The quantitative estimate of drug-likeness (QED) is 0.798. The van der Waals surface area contributed by atoms with Gasteiger partial charge >= 0.3 is 0 Å². The zero-order chi connectivity index (χ0) is 13.4. The first-order valence-corrected chi connectivity index (χ1v) is 7.47. The fourth-order valence-corrected chi connectivity index (χ4v) is 3.87. The van der Waals surface area contributed by atoms with Crippen molar-refractivity contribution in [2.45, 2.75) is 24.3 Å². The average molecular weight is 293 g/mol. The number of hydrogen-bond acceptors (Lipinski definition) is 3. The number of nitrogens with zero attached hydrogens (tertiary/aromatic N) is 2. The van der Waals surface area contributed by atoms with Crippen LogP contribution in [-0.4, -0.2) is 15.3 Å². The molecule has 0 saturated carbocycles. The monoisotopic (exact) mass is 292 g/mol. The summed E-state index contributed by atoms with van der Waals surface area (Å²) in [4.78, 5) is 17.5. The number of aryl methyl sites for hydroxylation is 1. The van der Waals surface area contributed by atoms with Crippen molar-refractivity contribution in [1.82, 2.24) is 9.55 Å². The van der Waals surface area contributed by atoms with Crippen LogP contribution in [0, 0.1) is 6.92 Å². The minimum Gasteiger partial charge on any atom is -0.296 e. The largest absolute Gasteiger partial charge is 0.296 e. The van der Waals surface area contributed by atoms with Gasteiger partial charge in [0.2, 0.25) is 0 Å². The number of fused-ring (bicyclic) bond motifs is 1. The molecule has 0 aliphatic carbocycles. The first-order valence-electron chi connectivity index (χ1n) is 6.11. The maximum atomic E-state index is 12.0. The van der Waals surface area contributed by atoms with Crippen molar-refractivity contribution in [3.63, 3.8) is 0 Å². The molecule has 1 aromatic carbocycles. The SMILES string of the molecule is Cc1nc(Cl)cc(=O)n1CC1CSc2ccccc21. The van der Waals surface area contributed by atoms with Gasteiger partial charge in [0.25, 0.3) is 5.56 Å². The minimum atomic E-state index is -0.0770. The van der Waals surface area contributed by atoms with E-state index in [2.05, 4.69) is 23.2 Å². The number of hydrogen-bond donors (Lipinski definition) is 0. The highest BCUT2D eigenvalue weighted by atomic mass is 35.5. The molecule has 0 bridgehead atoms. The van der Waals surface area contributed by atoms with Crippen LogP contribution in [0.1, 0.15) is 17.3 Å². The molecule has 1 aliphatic heterocycles. The van der Waals surface area contributed by atoms with Crippen molar-refractivity contribution in [3.05, 3.63) is 57.2 Å². The Labute approximate surface area is 120 Å². The highest BCUT2D eigenvalue weighted by Crippen LogP contribution is 2.39. The molecule has 1 atom stereocenters. The first kappa shape index (κ1) is 12.8. The van der Waals surface area contributed by atoms with Crippen LogP contribution < -0.4 is 5.56 Å². The standard InChI is InChI=1S/C14H13ClN2OS/c1-9-16-13(15)6-14(18)17(9)7-10-8-19-12-5-3-2-4-11(10)12/h2-6,10H,7-8H2,1H3. The summed E-state index contributed by atoms with van der Waals surface area (Å²) in [6.07, 6.45) is 0. The Morgan fingerprint density at radius 3 is 3.05 bits per heavy atom. The zero-order valence-electron chi connectivity index (χ0n) is 10.5. The molecule has 0 radical (unpaired) electrons. The second-order valence-electron chi connectivity index (χ2n) is 4.62. The third kappa shape index (κ3) is 2.42. The van der Waals surface area contributed by atoms with Crippen LogP contribution in [0.25, 0.3) is 0 Å². The number of halogens is 1. The van der Waals surface area contributed by atoms with E-state index in [9.17, 15) is 4.79 Å². The lowest BCUT2D eigenvalue weighted by atomic mass is 10.0. The Balaban J connectivity index is 1.94. The van der Waals surface area contributed by atoms with Gasteiger partial charge in [-0.1, -0.05) is 29.8 Å². The van der Waals surface area contributed by atoms with Crippen LogP contribution in [0.4, 0.5) is 0 Å². The molecular formula is C14H13ClN2OS. The van der Waals surface area contributed by atoms with Crippen molar-refractivity contribution >= 4 is 23.4 Å². The lowest BCUT2D eigenvalue weighted by Gasteiger charge is -2.14. The van der Waals surface area contributed by atoms with E-state index in [0.717, 1.165) is 5.75 Å². The molecule has 2 aromatic rings. The lowest BCUT2D eigenvalue weighted by Crippen LogP contribution is -2.26. The summed E-state index contributed by atoms with van der Waals surface area (Å²) in [5, 5.41) is 0.264. The topological polar surface area (TPSA) is 34.9 Å². The van der Waals surface area contributed by atoms with Crippen molar-refractivity contribution in [2.24, 2.45) is 0 Å². The van der Waals surface area contributed by atoms with Gasteiger partial charge in [-0.25, -0.2) is 4.98 Å². The van der Waals surface area contributed by atoms with Gasteiger partial charge in [-0.15, -0.1) is 11.8 Å². The van der Waals surface area contributed by atoms with E-state index in [4.69, 9.17) is 11.6 Å². The van der Waals surface area contributed by atoms with Crippen molar-refractivity contribution in [2.75, 3.05) is 5.75 Å². The summed E-state index contributed by atoms with van der Waals surface area (Å²) < 4.78 is 1.71. The normalized spacial score (nSPS) is 17.5. The molecule has 0 spiro atoms. The fourth-order valence-electron chi connectivity index (χ4n) is 2.41. The van der Waals surface area contributed by atoms with Crippen LogP contribution in [-0.2, 0) is 6.54 Å². The maximum absolute atomic E-state index is 12.0. The van der Waals surface area contributed by atoms with Gasteiger partial charge in [0.1, 0.15) is 11.0 Å². The predicted molar refractivity (Wildman–Crippen MR) is 78.2 cm³/mol. The number of benzene rings is 1. The van der Waals surface area contributed by atoms with Crippen LogP contribution >= 0.6 is 23.4 Å². The van der Waals surface area contributed by atoms with Crippen LogP contribution in [0.3, 0.4) is 0 Å². The van der Waals surface area contributed by atoms with Gasteiger partial charge in [0, 0.05) is 29.2 Å². The molecule has 3 rings (SSSR count). The third-order valence-electron chi connectivity index (χ3n) is 3.37.